The molecule has 4 nitrogen and oxygen atoms in total. The number of aryl methyl sites for hydroxylation is 1. The zero-order valence-electron chi connectivity index (χ0n) is 12.2. The Balaban J connectivity index is 2.02. The van der Waals surface area contributed by atoms with Gasteiger partial charge in [-0.25, -0.2) is 13.1 Å². The fraction of sp³-hybridized carbons (Fsp3) is 0.333. The molecular weight excluding hydrogens is 304 g/mol. The third-order valence-electron chi connectivity index (χ3n) is 3.02. The van der Waals surface area contributed by atoms with Gasteiger partial charge in [-0.1, -0.05) is 36.8 Å². The Kier molecular flexibility index (Phi) is 5.52. The number of hydrogen-bond donors (Lipinski definition) is 2. The lowest BCUT2D eigenvalue weighted by atomic mass is 10.1. The molecule has 0 atom stereocenters. The summed E-state index contributed by atoms with van der Waals surface area (Å²) >= 11 is 1.25. The number of benzene rings is 1. The number of nitrogens with one attached hydrogen (secondary N) is 2. The van der Waals surface area contributed by atoms with Gasteiger partial charge in [0.05, 0.1) is 0 Å². The number of rotatable bonds is 7. The number of thiophene rings is 1. The second kappa shape index (κ2) is 7.17. The molecule has 2 N–H and O–H groups in total. The van der Waals surface area contributed by atoms with Crippen LogP contribution in [0.5, 0.6) is 0 Å². The summed E-state index contributed by atoms with van der Waals surface area (Å²) in [7, 11) is -3.43. The molecule has 0 amide bonds. The highest BCUT2D eigenvalue weighted by Gasteiger charge is 2.16. The summed E-state index contributed by atoms with van der Waals surface area (Å²) in [6.07, 6.45) is 0. The minimum absolute atomic E-state index is 0.310. The van der Waals surface area contributed by atoms with E-state index in [9.17, 15) is 8.42 Å². The predicted molar refractivity (Wildman–Crippen MR) is 86.9 cm³/mol. The quantitative estimate of drug-likeness (QED) is 0.823. The van der Waals surface area contributed by atoms with Crippen LogP contribution in [-0.2, 0) is 23.1 Å². The van der Waals surface area contributed by atoms with E-state index in [0.29, 0.717) is 17.3 Å². The molecule has 0 saturated heterocycles. The monoisotopic (exact) mass is 324 g/mol. The third kappa shape index (κ3) is 4.64. The molecule has 1 aromatic carbocycles. The average Bonchev–Trinajstić information content (AvgIpc) is 2.93. The minimum atomic E-state index is -3.43. The molecule has 2 rings (SSSR count). The molecule has 2 aromatic rings. The molecule has 0 aliphatic heterocycles. The van der Waals surface area contributed by atoms with Crippen LogP contribution in [0.3, 0.4) is 0 Å². The molecule has 0 bridgehead atoms. The largest absolute Gasteiger partial charge is 0.313 e. The lowest BCUT2D eigenvalue weighted by Gasteiger charge is -2.05. The van der Waals surface area contributed by atoms with Crippen molar-refractivity contribution in [2.45, 2.75) is 31.1 Å². The van der Waals surface area contributed by atoms with Crippen LogP contribution in [0.15, 0.2) is 39.9 Å². The van der Waals surface area contributed by atoms with E-state index in [2.05, 4.69) is 10.0 Å². The summed E-state index contributed by atoms with van der Waals surface area (Å²) in [6, 6.07) is 9.54. The van der Waals surface area contributed by atoms with E-state index in [1.165, 1.54) is 11.3 Å². The molecule has 114 valence electrons. The Morgan fingerprint density at radius 2 is 1.95 bits per heavy atom. The predicted octanol–water partition coefficient (Wildman–Crippen LogP) is 2.64. The van der Waals surface area contributed by atoms with Crippen molar-refractivity contribution in [2.24, 2.45) is 0 Å². The fourth-order valence-electron chi connectivity index (χ4n) is 1.93. The normalized spacial score (nSPS) is 11.7. The molecule has 6 heteroatoms. The summed E-state index contributed by atoms with van der Waals surface area (Å²) in [5.74, 6) is 0. The molecule has 0 radical (unpaired) electrons. The van der Waals surface area contributed by atoms with Crippen molar-refractivity contribution in [2.75, 3.05) is 6.54 Å². The SMILES string of the molecule is CCNCc1csc(S(=O)(=O)NCc2cccc(C)c2)c1. The van der Waals surface area contributed by atoms with Gasteiger partial charge in [0.2, 0.25) is 10.0 Å². The molecular formula is C15H20N2O2S2. The second-order valence-electron chi connectivity index (χ2n) is 4.87. The molecule has 0 fully saturated rings. The van der Waals surface area contributed by atoms with E-state index in [0.717, 1.165) is 23.2 Å². The third-order valence-corrected chi connectivity index (χ3v) is 5.91. The van der Waals surface area contributed by atoms with E-state index in [4.69, 9.17) is 0 Å². The van der Waals surface area contributed by atoms with Gasteiger partial charge in [-0.3, -0.25) is 0 Å². The first-order chi connectivity index (χ1) is 10.0. The maximum absolute atomic E-state index is 12.3. The number of hydrogen-bond acceptors (Lipinski definition) is 4. The molecule has 0 saturated carbocycles. The Labute approximate surface area is 130 Å². The van der Waals surface area contributed by atoms with Crippen LogP contribution in [0.25, 0.3) is 0 Å². The van der Waals surface area contributed by atoms with Gasteiger partial charge in [0.25, 0.3) is 0 Å². The molecule has 21 heavy (non-hydrogen) atoms. The Morgan fingerprint density at radius 3 is 2.67 bits per heavy atom. The highest BCUT2D eigenvalue weighted by Crippen LogP contribution is 2.20. The Hall–Kier alpha value is -1.21. The van der Waals surface area contributed by atoms with Gasteiger partial charge in [-0.15, -0.1) is 11.3 Å². The van der Waals surface area contributed by atoms with Gasteiger partial charge in [-0.05, 0) is 36.0 Å². The van der Waals surface area contributed by atoms with Crippen LogP contribution >= 0.6 is 11.3 Å². The zero-order valence-corrected chi connectivity index (χ0v) is 13.9. The summed E-state index contributed by atoms with van der Waals surface area (Å²) in [5.41, 5.74) is 3.08. The fourth-order valence-corrected chi connectivity index (χ4v) is 4.20. The van der Waals surface area contributed by atoms with E-state index >= 15 is 0 Å². The van der Waals surface area contributed by atoms with Crippen LogP contribution in [0.1, 0.15) is 23.6 Å². The standard InChI is InChI=1S/C15H20N2O2S2/c1-3-16-9-14-8-15(20-11-14)21(18,19)17-10-13-6-4-5-12(2)7-13/h4-8,11,16-17H,3,9-10H2,1-2H3. The smallest absolute Gasteiger partial charge is 0.250 e. The second-order valence-corrected chi connectivity index (χ2v) is 7.77. The van der Waals surface area contributed by atoms with E-state index in [1.807, 2.05) is 43.5 Å². The maximum atomic E-state index is 12.3. The highest BCUT2D eigenvalue weighted by atomic mass is 32.2. The molecule has 0 spiro atoms. The molecule has 1 heterocycles. The van der Waals surface area contributed by atoms with Gasteiger partial charge in [0.15, 0.2) is 0 Å². The van der Waals surface area contributed by atoms with Crippen molar-refractivity contribution in [1.82, 2.24) is 10.0 Å². The van der Waals surface area contributed by atoms with E-state index in [1.54, 1.807) is 6.07 Å². The van der Waals surface area contributed by atoms with E-state index in [-0.39, 0.29) is 0 Å². The van der Waals surface area contributed by atoms with Gasteiger partial charge in [0.1, 0.15) is 4.21 Å². The summed E-state index contributed by atoms with van der Waals surface area (Å²) in [4.78, 5) is 0. The van der Waals surface area contributed by atoms with Crippen LogP contribution in [0.2, 0.25) is 0 Å². The van der Waals surface area contributed by atoms with Gasteiger partial charge in [0, 0.05) is 13.1 Å². The molecule has 0 unspecified atom stereocenters. The Morgan fingerprint density at radius 1 is 1.14 bits per heavy atom. The van der Waals surface area contributed by atoms with Crippen molar-refractivity contribution < 1.29 is 8.42 Å². The summed E-state index contributed by atoms with van der Waals surface area (Å²) in [5, 5.41) is 5.06. The van der Waals surface area contributed by atoms with Crippen LogP contribution in [-0.4, -0.2) is 15.0 Å². The highest BCUT2D eigenvalue weighted by molar-refractivity contribution is 7.91. The first-order valence-corrected chi connectivity index (χ1v) is 9.21. The van der Waals surface area contributed by atoms with Crippen LogP contribution < -0.4 is 10.0 Å². The van der Waals surface area contributed by atoms with E-state index < -0.39 is 10.0 Å². The first kappa shape index (κ1) is 16.2. The minimum Gasteiger partial charge on any atom is -0.313 e. The van der Waals surface area contributed by atoms with Crippen molar-refractivity contribution in [3.63, 3.8) is 0 Å². The average molecular weight is 324 g/mol. The van der Waals surface area contributed by atoms with Gasteiger partial charge < -0.3 is 5.32 Å². The topological polar surface area (TPSA) is 58.2 Å². The van der Waals surface area contributed by atoms with Crippen molar-refractivity contribution in [3.8, 4) is 0 Å². The van der Waals surface area contributed by atoms with Gasteiger partial charge in [-0.2, -0.15) is 0 Å². The molecule has 1 aromatic heterocycles. The van der Waals surface area contributed by atoms with Gasteiger partial charge >= 0.3 is 0 Å². The van der Waals surface area contributed by atoms with Crippen LogP contribution in [0, 0.1) is 6.92 Å². The first-order valence-electron chi connectivity index (χ1n) is 6.84. The molecule has 0 aliphatic rings. The lowest BCUT2D eigenvalue weighted by Crippen LogP contribution is -2.22. The summed E-state index contributed by atoms with van der Waals surface area (Å²) in [6.45, 7) is 5.88. The molecule has 0 aliphatic carbocycles. The van der Waals surface area contributed by atoms with Crippen molar-refractivity contribution in [1.29, 1.82) is 0 Å². The summed E-state index contributed by atoms with van der Waals surface area (Å²) < 4.78 is 27.5. The zero-order chi connectivity index (χ0) is 15.3. The van der Waals surface area contributed by atoms with Crippen molar-refractivity contribution in [3.05, 3.63) is 52.4 Å². The van der Waals surface area contributed by atoms with Crippen LogP contribution in [0.4, 0.5) is 0 Å². The van der Waals surface area contributed by atoms with Crippen molar-refractivity contribution >= 4 is 21.4 Å². The lowest BCUT2D eigenvalue weighted by molar-refractivity contribution is 0.583. The Bertz CT molecular complexity index is 693. The number of sulfonamides is 1. The maximum Gasteiger partial charge on any atom is 0.250 e.